The van der Waals surface area contributed by atoms with E-state index in [1.54, 1.807) is 6.92 Å². The van der Waals surface area contributed by atoms with Crippen LogP contribution >= 0.6 is 0 Å². The maximum atomic E-state index is 12.9. The van der Waals surface area contributed by atoms with Crippen LogP contribution in [0.5, 0.6) is 0 Å². The van der Waals surface area contributed by atoms with Crippen LogP contribution in [0.2, 0.25) is 0 Å². The molecule has 0 fully saturated rings. The molecular weight excluding hydrogens is 182 g/mol. The lowest BCUT2D eigenvalue weighted by atomic mass is 9.91. The lowest BCUT2D eigenvalue weighted by Crippen LogP contribution is -2.27. The smallest absolute Gasteiger partial charge is 0.253 e. The highest BCUT2D eigenvalue weighted by Crippen LogP contribution is 2.09. The molecule has 14 heavy (non-hydrogen) atoms. The number of halogens is 1. The van der Waals surface area contributed by atoms with E-state index in [2.05, 4.69) is 5.32 Å². The van der Waals surface area contributed by atoms with Gasteiger partial charge in [0.05, 0.1) is 5.56 Å². The zero-order valence-corrected chi connectivity index (χ0v) is 7.80. The maximum Gasteiger partial charge on any atom is 0.253 e. The summed E-state index contributed by atoms with van der Waals surface area (Å²) in [6.45, 7) is 2.26. The Kier molecular flexibility index (Phi) is 3.12. The molecular formula is C9H10BFN2O. The third-order valence-electron chi connectivity index (χ3n) is 1.82. The van der Waals surface area contributed by atoms with Crippen molar-refractivity contribution in [2.45, 2.75) is 6.92 Å². The molecule has 0 unspecified atom stereocenters. The fourth-order valence-corrected chi connectivity index (χ4v) is 1.06. The van der Waals surface area contributed by atoms with Gasteiger partial charge in [0, 0.05) is 12.2 Å². The number of anilines is 1. The van der Waals surface area contributed by atoms with Crippen molar-refractivity contribution in [3.05, 3.63) is 23.5 Å². The summed E-state index contributed by atoms with van der Waals surface area (Å²) in [7, 11) is 5.34. The molecule has 0 heterocycles. The van der Waals surface area contributed by atoms with Gasteiger partial charge in [0.25, 0.3) is 5.91 Å². The highest BCUT2D eigenvalue weighted by atomic mass is 19.1. The second kappa shape index (κ2) is 4.13. The molecule has 0 saturated carbocycles. The van der Waals surface area contributed by atoms with Crippen LogP contribution in [-0.4, -0.2) is 20.3 Å². The Labute approximate surface area is 82.9 Å². The second-order valence-electron chi connectivity index (χ2n) is 2.78. The van der Waals surface area contributed by atoms with Gasteiger partial charge in [-0.3, -0.25) is 4.79 Å². The molecule has 0 spiro atoms. The first-order valence-electron chi connectivity index (χ1n) is 4.19. The van der Waals surface area contributed by atoms with Gasteiger partial charge in [-0.1, -0.05) is 0 Å². The van der Waals surface area contributed by atoms with Crippen molar-refractivity contribution in [3.63, 3.8) is 0 Å². The monoisotopic (exact) mass is 192 g/mol. The standard InChI is InChI=1S/C9H10BFN2O/c1-2-13-9(14)5-3-4-6(11)7(10)8(5)12/h3-4H,2,12H2,1H3,(H,13,14). The summed E-state index contributed by atoms with van der Waals surface area (Å²) in [5, 5.41) is 2.55. The van der Waals surface area contributed by atoms with Gasteiger partial charge in [-0.25, -0.2) is 4.39 Å². The average Bonchev–Trinajstić information content (AvgIpc) is 2.15. The molecule has 0 saturated heterocycles. The summed E-state index contributed by atoms with van der Waals surface area (Å²) in [5.41, 5.74) is 5.48. The maximum absolute atomic E-state index is 12.9. The molecule has 0 aromatic heterocycles. The second-order valence-corrected chi connectivity index (χ2v) is 2.78. The van der Waals surface area contributed by atoms with E-state index in [-0.39, 0.29) is 22.6 Å². The van der Waals surface area contributed by atoms with Gasteiger partial charge in [-0.15, -0.1) is 0 Å². The van der Waals surface area contributed by atoms with Crippen molar-refractivity contribution in [2.24, 2.45) is 0 Å². The Balaban J connectivity index is 3.11. The molecule has 1 rings (SSSR count). The number of carbonyl (C=O) groups excluding carboxylic acids is 1. The Bertz CT molecular complexity index is 368. The van der Waals surface area contributed by atoms with Gasteiger partial charge < -0.3 is 11.1 Å². The van der Waals surface area contributed by atoms with Crippen molar-refractivity contribution in [1.29, 1.82) is 0 Å². The minimum atomic E-state index is -0.615. The van der Waals surface area contributed by atoms with E-state index in [0.29, 0.717) is 6.54 Å². The third-order valence-corrected chi connectivity index (χ3v) is 1.82. The first-order chi connectivity index (χ1) is 6.57. The van der Waals surface area contributed by atoms with Gasteiger partial charge in [0.1, 0.15) is 13.7 Å². The van der Waals surface area contributed by atoms with E-state index >= 15 is 0 Å². The number of rotatable bonds is 2. The van der Waals surface area contributed by atoms with Crippen LogP contribution in [0.25, 0.3) is 0 Å². The molecule has 0 aliphatic rings. The SMILES string of the molecule is [B]c1c(F)ccc(C(=O)NCC)c1N. The minimum Gasteiger partial charge on any atom is -0.398 e. The molecule has 3 nitrogen and oxygen atoms in total. The first-order valence-corrected chi connectivity index (χ1v) is 4.19. The number of amides is 1. The molecule has 3 N–H and O–H groups in total. The van der Waals surface area contributed by atoms with Crippen LogP contribution in [0, 0.1) is 5.82 Å². The molecule has 0 atom stereocenters. The molecule has 72 valence electrons. The van der Waals surface area contributed by atoms with Crippen molar-refractivity contribution in [1.82, 2.24) is 5.32 Å². The Morgan fingerprint density at radius 2 is 2.29 bits per heavy atom. The summed E-state index contributed by atoms with van der Waals surface area (Å²) in [4.78, 5) is 11.4. The normalized spacial score (nSPS) is 9.86. The lowest BCUT2D eigenvalue weighted by Gasteiger charge is -2.08. The van der Waals surface area contributed by atoms with Gasteiger partial charge in [0.15, 0.2) is 0 Å². The summed E-state index contributed by atoms with van der Waals surface area (Å²) in [5.74, 6) is -0.966. The summed E-state index contributed by atoms with van der Waals surface area (Å²) < 4.78 is 12.9. The largest absolute Gasteiger partial charge is 0.398 e. The topological polar surface area (TPSA) is 55.1 Å². The zero-order valence-electron chi connectivity index (χ0n) is 7.80. The highest BCUT2D eigenvalue weighted by Gasteiger charge is 2.11. The van der Waals surface area contributed by atoms with E-state index in [0.717, 1.165) is 6.07 Å². The Hall–Kier alpha value is -1.52. The van der Waals surface area contributed by atoms with Crippen LogP contribution in [0.4, 0.5) is 10.1 Å². The molecule has 1 amide bonds. The van der Waals surface area contributed by atoms with E-state index in [4.69, 9.17) is 13.6 Å². The van der Waals surface area contributed by atoms with Crippen molar-refractivity contribution >= 4 is 24.9 Å². The van der Waals surface area contributed by atoms with Crippen LogP contribution in [0.15, 0.2) is 12.1 Å². The quantitative estimate of drug-likeness (QED) is 0.509. The summed E-state index contributed by atoms with van der Waals surface area (Å²) in [6.07, 6.45) is 0. The van der Waals surface area contributed by atoms with Gasteiger partial charge >= 0.3 is 0 Å². The average molecular weight is 192 g/mol. The number of benzene rings is 1. The minimum absolute atomic E-state index is 0.0176. The van der Waals surface area contributed by atoms with Crippen molar-refractivity contribution < 1.29 is 9.18 Å². The van der Waals surface area contributed by atoms with E-state index < -0.39 is 5.82 Å². The van der Waals surface area contributed by atoms with Crippen LogP contribution in [-0.2, 0) is 0 Å². The molecule has 1 aromatic carbocycles. The summed E-state index contributed by atoms with van der Waals surface area (Å²) in [6, 6.07) is 2.43. The predicted octanol–water partition coefficient (Wildman–Crippen LogP) is -0.0486. The van der Waals surface area contributed by atoms with Crippen LogP contribution in [0.3, 0.4) is 0 Å². The number of hydrogen-bond donors (Lipinski definition) is 2. The predicted molar refractivity (Wildman–Crippen MR) is 54.2 cm³/mol. The van der Waals surface area contributed by atoms with Gasteiger partial charge in [-0.2, -0.15) is 0 Å². The van der Waals surface area contributed by atoms with E-state index in [1.807, 2.05) is 0 Å². The van der Waals surface area contributed by atoms with Gasteiger partial charge in [-0.05, 0) is 24.5 Å². The lowest BCUT2D eigenvalue weighted by molar-refractivity contribution is 0.0957. The Morgan fingerprint density at radius 3 is 2.86 bits per heavy atom. The molecule has 0 aliphatic heterocycles. The Morgan fingerprint density at radius 1 is 1.64 bits per heavy atom. The molecule has 5 heteroatoms. The molecule has 0 aliphatic carbocycles. The first kappa shape index (κ1) is 10.6. The van der Waals surface area contributed by atoms with E-state index in [1.165, 1.54) is 6.07 Å². The molecule has 2 radical (unpaired) electrons. The molecule has 0 bridgehead atoms. The van der Waals surface area contributed by atoms with Crippen molar-refractivity contribution in [3.8, 4) is 0 Å². The van der Waals surface area contributed by atoms with Crippen molar-refractivity contribution in [2.75, 3.05) is 12.3 Å². The molecule has 1 aromatic rings. The fraction of sp³-hybridized carbons (Fsp3) is 0.222. The highest BCUT2D eigenvalue weighted by molar-refractivity contribution is 6.36. The van der Waals surface area contributed by atoms with Crippen LogP contribution < -0.4 is 16.5 Å². The number of nitrogens with two attached hydrogens (primary N) is 1. The zero-order chi connectivity index (χ0) is 10.7. The third kappa shape index (κ3) is 1.87. The number of hydrogen-bond acceptors (Lipinski definition) is 2. The van der Waals surface area contributed by atoms with E-state index in [9.17, 15) is 9.18 Å². The number of nitrogen functional groups attached to an aromatic ring is 1. The van der Waals surface area contributed by atoms with Gasteiger partial charge in [0.2, 0.25) is 0 Å². The fourth-order valence-electron chi connectivity index (χ4n) is 1.06. The summed E-state index contributed by atoms with van der Waals surface area (Å²) >= 11 is 0. The number of carbonyl (C=O) groups is 1. The van der Waals surface area contributed by atoms with Crippen LogP contribution in [0.1, 0.15) is 17.3 Å². The number of nitrogens with one attached hydrogen (secondary N) is 1.